The third-order valence-corrected chi connectivity index (χ3v) is 5.87. The van der Waals surface area contributed by atoms with E-state index in [1.807, 2.05) is 19.1 Å². The number of tetrazole rings is 1. The van der Waals surface area contributed by atoms with Crippen LogP contribution in [0.3, 0.4) is 0 Å². The highest BCUT2D eigenvalue weighted by atomic mass is 16.5. The SMILES string of the molecule is COCCn1nnnc1[C@@H](C(C)C)N(CCCO)Cc1cc2cc(C)c(C)cc2[nH]c1=O. The molecule has 3 aromatic rings. The quantitative estimate of drug-likeness (QED) is 0.469. The molecule has 0 radical (unpaired) electrons. The summed E-state index contributed by atoms with van der Waals surface area (Å²) in [6.45, 7) is 10.5. The van der Waals surface area contributed by atoms with Crippen LogP contribution in [0.5, 0.6) is 0 Å². The summed E-state index contributed by atoms with van der Waals surface area (Å²) >= 11 is 0. The predicted octanol–water partition coefficient (Wildman–Crippen LogP) is 2.36. The molecule has 0 fully saturated rings. The van der Waals surface area contributed by atoms with Gasteiger partial charge in [0.2, 0.25) is 0 Å². The number of hydrogen-bond donors (Lipinski definition) is 2. The molecule has 0 saturated carbocycles. The highest BCUT2D eigenvalue weighted by molar-refractivity contribution is 5.80. The van der Waals surface area contributed by atoms with E-state index in [1.165, 1.54) is 5.56 Å². The molecule has 1 aromatic carbocycles. The van der Waals surface area contributed by atoms with Crippen LogP contribution in [0.2, 0.25) is 0 Å². The predicted molar refractivity (Wildman–Crippen MR) is 123 cm³/mol. The maximum Gasteiger partial charge on any atom is 0.252 e. The number of aryl methyl sites for hydroxylation is 2. The first-order chi connectivity index (χ1) is 15.3. The lowest BCUT2D eigenvalue weighted by atomic mass is 9.99. The molecule has 0 aliphatic heterocycles. The van der Waals surface area contributed by atoms with Gasteiger partial charge in [-0.3, -0.25) is 9.69 Å². The molecule has 2 aromatic heterocycles. The number of aromatic nitrogens is 5. The minimum absolute atomic E-state index is 0.0719. The van der Waals surface area contributed by atoms with Crippen molar-refractivity contribution in [3.8, 4) is 0 Å². The molecular formula is C23H34N6O3. The zero-order valence-electron chi connectivity index (χ0n) is 19.6. The highest BCUT2D eigenvalue weighted by Gasteiger charge is 2.29. The van der Waals surface area contributed by atoms with E-state index in [9.17, 15) is 9.90 Å². The van der Waals surface area contributed by atoms with E-state index in [0.29, 0.717) is 38.2 Å². The molecule has 3 rings (SSSR count). The molecule has 2 heterocycles. The number of aromatic amines is 1. The number of aliphatic hydroxyl groups is 1. The zero-order valence-corrected chi connectivity index (χ0v) is 19.6. The van der Waals surface area contributed by atoms with E-state index in [1.54, 1.807) is 11.8 Å². The van der Waals surface area contributed by atoms with Crippen LogP contribution in [0.15, 0.2) is 23.0 Å². The van der Waals surface area contributed by atoms with E-state index in [0.717, 1.165) is 22.3 Å². The van der Waals surface area contributed by atoms with Gasteiger partial charge in [0, 0.05) is 37.9 Å². The molecule has 0 bridgehead atoms. The second-order valence-electron chi connectivity index (χ2n) is 8.64. The minimum atomic E-state index is -0.122. The van der Waals surface area contributed by atoms with Crippen LogP contribution >= 0.6 is 0 Å². The van der Waals surface area contributed by atoms with Crippen molar-refractivity contribution in [3.63, 3.8) is 0 Å². The number of nitrogens with one attached hydrogen (secondary N) is 1. The minimum Gasteiger partial charge on any atom is -0.396 e. The Balaban J connectivity index is 2.00. The Morgan fingerprint density at radius 3 is 2.66 bits per heavy atom. The first-order valence-corrected chi connectivity index (χ1v) is 11.1. The van der Waals surface area contributed by atoms with Gasteiger partial charge in [-0.2, -0.15) is 0 Å². The van der Waals surface area contributed by atoms with Gasteiger partial charge in [0.25, 0.3) is 5.56 Å². The first kappa shape index (κ1) is 24.0. The lowest BCUT2D eigenvalue weighted by Crippen LogP contribution is -2.36. The summed E-state index contributed by atoms with van der Waals surface area (Å²) in [5.74, 6) is 0.920. The summed E-state index contributed by atoms with van der Waals surface area (Å²) in [4.78, 5) is 18.2. The number of nitrogens with zero attached hydrogens (tertiary/aromatic N) is 5. The van der Waals surface area contributed by atoms with Gasteiger partial charge in [-0.15, -0.1) is 5.10 Å². The Kier molecular flexibility index (Phi) is 8.11. The van der Waals surface area contributed by atoms with Crippen molar-refractivity contribution in [1.29, 1.82) is 0 Å². The maximum absolute atomic E-state index is 12.9. The van der Waals surface area contributed by atoms with Crippen LogP contribution in [0.4, 0.5) is 0 Å². The summed E-state index contributed by atoms with van der Waals surface area (Å²) in [6.07, 6.45) is 0.590. The maximum atomic E-state index is 12.9. The van der Waals surface area contributed by atoms with Gasteiger partial charge in [-0.1, -0.05) is 13.8 Å². The van der Waals surface area contributed by atoms with Crippen molar-refractivity contribution >= 4 is 10.9 Å². The van der Waals surface area contributed by atoms with E-state index in [2.05, 4.69) is 52.2 Å². The number of H-pyrrole nitrogens is 1. The molecule has 1 atom stereocenters. The van der Waals surface area contributed by atoms with E-state index >= 15 is 0 Å². The van der Waals surface area contributed by atoms with Gasteiger partial charge in [-0.05, 0) is 71.3 Å². The van der Waals surface area contributed by atoms with Crippen LogP contribution in [0.1, 0.15) is 48.8 Å². The standard InChI is InChI=1S/C23H34N6O3/c1-15(2)21(22-25-26-27-29(22)8-10-32-5)28(7-6-9-30)14-19-13-18-11-16(3)17(4)12-20(18)24-23(19)31/h11-13,15,21,30H,6-10,14H2,1-5H3,(H,24,31)/t21-/m1/s1. The molecule has 0 aliphatic carbocycles. The number of methoxy groups -OCH3 is 1. The fourth-order valence-corrected chi connectivity index (χ4v) is 4.09. The number of pyridine rings is 1. The molecule has 2 N–H and O–H groups in total. The fourth-order valence-electron chi connectivity index (χ4n) is 4.09. The largest absolute Gasteiger partial charge is 0.396 e. The van der Waals surface area contributed by atoms with Crippen LogP contribution in [0, 0.1) is 19.8 Å². The van der Waals surface area contributed by atoms with E-state index < -0.39 is 0 Å². The number of aliphatic hydroxyl groups excluding tert-OH is 1. The molecule has 174 valence electrons. The lowest BCUT2D eigenvalue weighted by molar-refractivity contribution is 0.118. The summed E-state index contributed by atoms with van der Waals surface area (Å²) in [7, 11) is 1.65. The topological polar surface area (TPSA) is 109 Å². The van der Waals surface area contributed by atoms with Crippen LogP contribution in [-0.2, 0) is 17.8 Å². The zero-order chi connectivity index (χ0) is 23.3. The molecule has 32 heavy (non-hydrogen) atoms. The van der Waals surface area contributed by atoms with Gasteiger partial charge in [0.05, 0.1) is 19.2 Å². The lowest BCUT2D eigenvalue weighted by Gasteiger charge is -2.33. The summed E-state index contributed by atoms with van der Waals surface area (Å²) in [6, 6.07) is 5.97. The third kappa shape index (κ3) is 5.40. The summed E-state index contributed by atoms with van der Waals surface area (Å²) in [5.41, 5.74) is 3.75. The fraction of sp³-hybridized carbons (Fsp3) is 0.565. The van der Waals surface area contributed by atoms with Gasteiger partial charge in [0.15, 0.2) is 5.82 Å². The Morgan fingerprint density at radius 1 is 1.22 bits per heavy atom. The molecule has 0 spiro atoms. The Bertz CT molecular complexity index is 1090. The Labute approximate surface area is 188 Å². The molecule has 0 amide bonds. The Morgan fingerprint density at radius 2 is 1.97 bits per heavy atom. The number of rotatable bonds is 11. The molecular weight excluding hydrogens is 408 g/mol. The van der Waals surface area contributed by atoms with Gasteiger partial charge in [-0.25, -0.2) is 4.68 Å². The van der Waals surface area contributed by atoms with Crippen molar-refractivity contribution < 1.29 is 9.84 Å². The van der Waals surface area contributed by atoms with Crippen LogP contribution < -0.4 is 5.56 Å². The van der Waals surface area contributed by atoms with Gasteiger partial charge in [0.1, 0.15) is 0 Å². The molecule has 0 saturated heterocycles. The average molecular weight is 443 g/mol. The van der Waals surface area contributed by atoms with Crippen molar-refractivity contribution in [2.75, 3.05) is 26.9 Å². The second-order valence-corrected chi connectivity index (χ2v) is 8.64. The monoisotopic (exact) mass is 442 g/mol. The number of fused-ring (bicyclic) bond motifs is 1. The normalized spacial score (nSPS) is 12.9. The molecule has 0 unspecified atom stereocenters. The van der Waals surface area contributed by atoms with Crippen molar-refractivity contribution in [2.24, 2.45) is 5.92 Å². The van der Waals surface area contributed by atoms with Crippen molar-refractivity contribution in [1.82, 2.24) is 30.1 Å². The third-order valence-electron chi connectivity index (χ3n) is 5.87. The highest BCUT2D eigenvalue weighted by Crippen LogP contribution is 2.29. The van der Waals surface area contributed by atoms with Gasteiger partial charge >= 0.3 is 0 Å². The molecule has 9 heteroatoms. The van der Waals surface area contributed by atoms with Crippen molar-refractivity contribution in [3.05, 3.63) is 51.1 Å². The summed E-state index contributed by atoms with van der Waals surface area (Å²) < 4.78 is 6.96. The smallest absolute Gasteiger partial charge is 0.252 e. The second kappa shape index (κ2) is 10.8. The average Bonchev–Trinajstić information content (AvgIpc) is 3.20. The van der Waals surface area contributed by atoms with E-state index in [-0.39, 0.29) is 24.1 Å². The van der Waals surface area contributed by atoms with Crippen molar-refractivity contribution in [2.45, 2.75) is 53.2 Å². The van der Waals surface area contributed by atoms with Crippen LogP contribution in [-0.4, -0.2) is 62.1 Å². The number of ether oxygens (including phenoxy) is 1. The first-order valence-electron chi connectivity index (χ1n) is 11.1. The molecule has 9 nitrogen and oxygen atoms in total. The number of benzene rings is 1. The van der Waals surface area contributed by atoms with Gasteiger partial charge < -0.3 is 14.8 Å². The summed E-state index contributed by atoms with van der Waals surface area (Å²) in [5, 5.41) is 22.8. The van der Waals surface area contributed by atoms with E-state index in [4.69, 9.17) is 4.74 Å². The Hall–Kier alpha value is -2.62. The number of hydrogen-bond acceptors (Lipinski definition) is 7. The van der Waals surface area contributed by atoms with Crippen LogP contribution in [0.25, 0.3) is 10.9 Å². The molecule has 0 aliphatic rings.